The van der Waals surface area contributed by atoms with Gasteiger partial charge in [0.1, 0.15) is 5.69 Å². The van der Waals surface area contributed by atoms with Crippen molar-refractivity contribution in [1.29, 1.82) is 0 Å². The van der Waals surface area contributed by atoms with E-state index < -0.39 is 0 Å². The molecular formula is C15H12ClN6OS+. The standard InChI is InChI=1S/C15H11ClN6OS/c1-8-7-12(22-14(17-8)18-9(2)21-22)24-15-20-19-13(23-15)10-5-3-4-6-11(10)16/h3-7H,1-2H3/p+1. The van der Waals surface area contributed by atoms with Crippen molar-refractivity contribution in [1.82, 2.24) is 25.3 Å². The second kappa shape index (κ2) is 5.88. The lowest BCUT2D eigenvalue weighted by Crippen LogP contribution is -2.27. The highest BCUT2D eigenvalue weighted by atomic mass is 35.5. The summed E-state index contributed by atoms with van der Waals surface area (Å²) < 4.78 is 7.52. The summed E-state index contributed by atoms with van der Waals surface area (Å²) in [5.41, 5.74) is 1.56. The van der Waals surface area contributed by atoms with Gasteiger partial charge < -0.3 is 4.42 Å². The molecular weight excluding hydrogens is 348 g/mol. The van der Waals surface area contributed by atoms with Crippen molar-refractivity contribution >= 4 is 29.1 Å². The molecule has 0 aliphatic carbocycles. The Balaban J connectivity index is 1.71. The van der Waals surface area contributed by atoms with Gasteiger partial charge in [0.05, 0.1) is 10.6 Å². The third-order valence-corrected chi connectivity index (χ3v) is 4.45. The fraction of sp³-hybridized carbons (Fsp3) is 0.133. The first-order valence-electron chi connectivity index (χ1n) is 7.12. The average molecular weight is 360 g/mol. The topological polar surface area (TPSA) is 84.6 Å². The van der Waals surface area contributed by atoms with Crippen LogP contribution in [-0.2, 0) is 0 Å². The summed E-state index contributed by atoms with van der Waals surface area (Å²) in [4.78, 5) is 8.73. The lowest BCUT2D eigenvalue weighted by Gasteiger charge is -1.97. The molecule has 3 aromatic heterocycles. The van der Waals surface area contributed by atoms with Gasteiger partial charge in [-0.25, -0.2) is 5.10 Å². The van der Waals surface area contributed by atoms with E-state index in [-0.39, 0.29) is 0 Å². The zero-order chi connectivity index (χ0) is 16.7. The molecule has 120 valence electrons. The van der Waals surface area contributed by atoms with Crippen LogP contribution in [0.2, 0.25) is 5.02 Å². The number of aryl methyl sites for hydroxylation is 2. The summed E-state index contributed by atoms with van der Waals surface area (Å²) >= 11 is 7.50. The molecule has 1 aromatic carbocycles. The molecule has 0 saturated carbocycles. The smallest absolute Gasteiger partial charge is 0.411 e. The van der Waals surface area contributed by atoms with Crippen LogP contribution >= 0.6 is 23.4 Å². The Labute approximate surface area is 146 Å². The fourth-order valence-electron chi connectivity index (χ4n) is 2.26. The number of fused-ring (bicyclic) bond motifs is 1. The maximum absolute atomic E-state index is 6.17. The average Bonchev–Trinajstić information content (AvgIpc) is 3.14. The minimum absolute atomic E-state index is 0.385. The first-order chi connectivity index (χ1) is 11.6. The van der Waals surface area contributed by atoms with Crippen LogP contribution in [-0.4, -0.2) is 25.3 Å². The van der Waals surface area contributed by atoms with E-state index in [1.165, 1.54) is 11.8 Å². The fourth-order valence-corrected chi connectivity index (χ4v) is 3.30. The van der Waals surface area contributed by atoms with Gasteiger partial charge in [-0.2, -0.15) is 0 Å². The van der Waals surface area contributed by atoms with Crippen molar-refractivity contribution in [2.24, 2.45) is 0 Å². The highest BCUT2D eigenvalue weighted by Gasteiger charge is 2.20. The molecule has 24 heavy (non-hydrogen) atoms. The molecule has 0 atom stereocenters. The Morgan fingerprint density at radius 1 is 1.17 bits per heavy atom. The number of nitrogens with one attached hydrogen (secondary N) is 1. The van der Waals surface area contributed by atoms with Gasteiger partial charge in [0, 0.05) is 24.8 Å². The number of aromatic nitrogens is 6. The molecule has 0 amide bonds. The predicted octanol–water partition coefficient (Wildman–Crippen LogP) is 3.01. The van der Waals surface area contributed by atoms with Crippen molar-refractivity contribution in [3.05, 3.63) is 46.9 Å². The van der Waals surface area contributed by atoms with Gasteiger partial charge in [-0.15, -0.1) is 14.7 Å². The van der Waals surface area contributed by atoms with Gasteiger partial charge in [-0.05, 0) is 19.1 Å². The Morgan fingerprint density at radius 3 is 2.83 bits per heavy atom. The Kier molecular flexibility index (Phi) is 3.70. The number of nitrogens with zero attached hydrogens (tertiary/aromatic N) is 5. The van der Waals surface area contributed by atoms with Crippen LogP contribution in [0.15, 0.2) is 45.0 Å². The van der Waals surface area contributed by atoms with Crippen LogP contribution in [0.25, 0.3) is 17.2 Å². The Bertz CT molecular complexity index is 1040. The minimum Gasteiger partial charge on any atom is -0.411 e. The molecule has 9 heteroatoms. The second-order valence-electron chi connectivity index (χ2n) is 5.14. The quantitative estimate of drug-likeness (QED) is 0.447. The van der Waals surface area contributed by atoms with Crippen molar-refractivity contribution in [3.63, 3.8) is 0 Å². The van der Waals surface area contributed by atoms with Crippen LogP contribution in [0, 0.1) is 13.8 Å². The van der Waals surface area contributed by atoms with Crippen molar-refractivity contribution in [3.8, 4) is 11.5 Å². The summed E-state index contributed by atoms with van der Waals surface area (Å²) in [5, 5.41) is 13.1. The van der Waals surface area contributed by atoms with Crippen LogP contribution in [0.1, 0.15) is 11.5 Å². The lowest BCUT2D eigenvalue weighted by atomic mass is 10.2. The summed E-state index contributed by atoms with van der Waals surface area (Å²) in [6.45, 7) is 3.79. The highest BCUT2D eigenvalue weighted by molar-refractivity contribution is 7.98. The van der Waals surface area contributed by atoms with E-state index in [0.717, 1.165) is 16.5 Å². The predicted molar refractivity (Wildman–Crippen MR) is 87.9 cm³/mol. The van der Waals surface area contributed by atoms with E-state index in [2.05, 4.69) is 25.3 Å². The highest BCUT2D eigenvalue weighted by Crippen LogP contribution is 2.30. The molecule has 4 aromatic rings. The van der Waals surface area contributed by atoms with E-state index in [0.29, 0.717) is 27.5 Å². The maximum atomic E-state index is 6.17. The van der Waals surface area contributed by atoms with Crippen molar-refractivity contribution in [2.45, 2.75) is 24.1 Å². The molecule has 1 N–H and O–H groups in total. The molecule has 0 radical (unpaired) electrons. The number of aromatic amines is 1. The number of rotatable bonds is 3. The summed E-state index contributed by atoms with van der Waals surface area (Å²) in [5.74, 6) is 1.76. The van der Waals surface area contributed by atoms with Crippen molar-refractivity contribution < 1.29 is 8.93 Å². The first-order valence-corrected chi connectivity index (χ1v) is 8.32. The van der Waals surface area contributed by atoms with E-state index in [1.54, 1.807) is 10.6 Å². The van der Waals surface area contributed by atoms with Gasteiger partial charge in [-0.3, -0.25) is 0 Å². The number of hydrogen-bond donors (Lipinski definition) is 1. The van der Waals surface area contributed by atoms with E-state index in [4.69, 9.17) is 16.0 Å². The van der Waals surface area contributed by atoms with Crippen LogP contribution < -0.4 is 4.52 Å². The second-order valence-corrected chi connectivity index (χ2v) is 6.51. The van der Waals surface area contributed by atoms with Gasteiger partial charge in [0.15, 0.2) is 5.03 Å². The third-order valence-electron chi connectivity index (χ3n) is 3.27. The normalized spacial score (nSPS) is 11.3. The molecule has 0 unspecified atom stereocenters. The van der Waals surface area contributed by atoms with E-state index in [9.17, 15) is 0 Å². The van der Waals surface area contributed by atoms with Crippen LogP contribution in [0.5, 0.6) is 0 Å². The SMILES string of the molecule is Cc1cc(Sc2nnc(-c3ccccc3Cl)o2)[n+]2[nH]c(C)nc2n1. The maximum Gasteiger partial charge on any atom is 0.458 e. The van der Waals surface area contributed by atoms with E-state index >= 15 is 0 Å². The van der Waals surface area contributed by atoms with Gasteiger partial charge in [0.25, 0.3) is 5.22 Å². The lowest BCUT2D eigenvalue weighted by molar-refractivity contribution is -0.620. The summed E-state index contributed by atoms with van der Waals surface area (Å²) in [7, 11) is 0. The minimum atomic E-state index is 0.385. The molecule has 4 rings (SSSR count). The van der Waals surface area contributed by atoms with Crippen LogP contribution in [0.4, 0.5) is 0 Å². The summed E-state index contributed by atoms with van der Waals surface area (Å²) in [6, 6.07) is 9.27. The molecule has 0 bridgehead atoms. The first kappa shape index (κ1) is 15.1. The molecule has 0 aliphatic heterocycles. The van der Waals surface area contributed by atoms with Gasteiger partial charge in [0.2, 0.25) is 11.7 Å². The molecule has 3 heterocycles. The van der Waals surface area contributed by atoms with Gasteiger partial charge >= 0.3 is 5.78 Å². The monoisotopic (exact) mass is 359 g/mol. The molecule has 7 nitrogen and oxygen atoms in total. The largest absolute Gasteiger partial charge is 0.458 e. The summed E-state index contributed by atoms with van der Waals surface area (Å²) in [6.07, 6.45) is 0. The number of hydrogen-bond acceptors (Lipinski definition) is 6. The Morgan fingerprint density at radius 2 is 2.00 bits per heavy atom. The number of halogens is 1. The molecule has 0 saturated heterocycles. The molecule has 0 aliphatic rings. The van der Waals surface area contributed by atoms with Gasteiger partial charge in [-0.1, -0.05) is 33.7 Å². The molecule has 0 fully saturated rings. The Hall–Kier alpha value is -2.45. The molecule has 0 spiro atoms. The number of benzene rings is 1. The zero-order valence-corrected chi connectivity index (χ0v) is 14.4. The number of H-pyrrole nitrogens is 1. The van der Waals surface area contributed by atoms with Crippen molar-refractivity contribution in [2.75, 3.05) is 0 Å². The zero-order valence-electron chi connectivity index (χ0n) is 12.8. The van der Waals surface area contributed by atoms with E-state index in [1.807, 2.05) is 38.1 Å². The third kappa shape index (κ3) is 2.74. The van der Waals surface area contributed by atoms with Crippen LogP contribution in [0.3, 0.4) is 0 Å².